The fourth-order valence-electron chi connectivity index (χ4n) is 1.46. The Kier molecular flexibility index (Phi) is 5.77. The zero-order valence-electron chi connectivity index (χ0n) is 11.2. The van der Waals surface area contributed by atoms with Gasteiger partial charge in [-0.05, 0) is 30.7 Å². The van der Waals surface area contributed by atoms with Crippen LogP contribution in [0.4, 0.5) is 5.69 Å². The van der Waals surface area contributed by atoms with Crippen molar-refractivity contribution < 1.29 is 19.2 Å². The molecule has 0 aromatic heterocycles. The summed E-state index contributed by atoms with van der Waals surface area (Å²) in [4.78, 5) is 32.2. The smallest absolute Gasteiger partial charge is 0.318 e. The number of allylic oxidation sites excluding steroid dienone is 1. The normalized spacial score (nSPS) is 10.6. The quantitative estimate of drug-likeness (QED) is 0.261. The van der Waals surface area contributed by atoms with Crippen LogP contribution in [0.5, 0.6) is 0 Å². The van der Waals surface area contributed by atoms with Crippen molar-refractivity contribution in [2.24, 2.45) is 0 Å². The summed E-state index contributed by atoms with van der Waals surface area (Å²) >= 11 is 0. The van der Waals surface area contributed by atoms with Gasteiger partial charge < -0.3 is 4.74 Å². The Balaban J connectivity index is 2.88. The number of nitriles is 1. The number of Topliss-reactive ketones (excluding diaryl/α,β-unsaturated/α-hetero) is 1. The van der Waals surface area contributed by atoms with E-state index in [2.05, 4.69) is 0 Å². The molecule has 0 saturated carbocycles. The minimum atomic E-state index is -0.745. The summed E-state index contributed by atoms with van der Waals surface area (Å²) < 4.78 is 4.93. The SMILES string of the molecule is CC(=O)CC(=O)O/C(=C/c1ccc([N+](=O)[O-])cc1)CC#N. The average Bonchev–Trinajstić information content (AvgIpc) is 2.38. The van der Waals surface area contributed by atoms with Crippen LogP contribution in [0.2, 0.25) is 0 Å². The molecule has 0 aliphatic heterocycles. The highest BCUT2D eigenvalue weighted by Crippen LogP contribution is 2.16. The first-order chi connectivity index (χ1) is 9.92. The molecule has 1 rings (SSSR count). The fourth-order valence-corrected chi connectivity index (χ4v) is 1.46. The van der Waals surface area contributed by atoms with E-state index in [1.54, 1.807) is 0 Å². The van der Waals surface area contributed by atoms with Crippen molar-refractivity contribution in [1.29, 1.82) is 5.26 Å². The van der Waals surface area contributed by atoms with Gasteiger partial charge in [0.15, 0.2) is 0 Å². The molecule has 0 amide bonds. The fraction of sp³-hybridized carbons (Fsp3) is 0.214. The maximum atomic E-state index is 11.4. The van der Waals surface area contributed by atoms with E-state index in [0.29, 0.717) is 5.56 Å². The molecule has 0 N–H and O–H groups in total. The van der Waals surface area contributed by atoms with Crippen LogP contribution < -0.4 is 0 Å². The van der Waals surface area contributed by atoms with Gasteiger partial charge in [-0.2, -0.15) is 5.26 Å². The first-order valence-corrected chi connectivity index (χ1v) is 5.94. The van der Waals surface area contributed by atoms with Gasteiger partial charge >= 0.3 is 5.97 Å². The van der Waals surface area contributed by atoms with Crippen molar-refractivity contribution in [2.75, 3.05) is 0 Å². The van der Waals surface area contributed by atoms with Gasteiger partial charge in [-0.15, -0.1) is 0 Å². The highest BCUT2D eigenvalue weighted by atomic mass is 16.6. The lowest BCUT2D eigenvalue weighted by atomic mass is 10.1. The largest absolute Gasteiger partial charge is 0.430 e. The molecule has 0 aliphatic carbocycles. The van der Waals surface area contributed by atoms with Gasteiger partial charge in [-0.25, -0.2) is 0 Å². The minimum Gasteiger partial charge on any atom is -0.430 e. The lowest BCUT2D eigenvalue weighted by molar-refractivity contribution is -0.384. The maximum Gasteiger partial charge on any atom is 0.318 e. The second kappa shape index (κ2) is 7.55. The number of rotatable bonds is 6. The molecule has 0 bridgehead atoms. The zero-order valence-corrected chi connectivity index (χ0v) is 11.2. The molecular weight excluding hydrogens is 276 g/mol. The summed E-state index contributed by atoms with van der Waals surface area (Å²) in [6, 6.07) is 7.37. The third-order valence-corrected chi connectivity index (χ3v) is 2.32. The maximum absolute atomic E-state index is 11.4. The van der Waals surface area contributed by atoms with E-state index >= 15 is 0 Å². The Morgan fingerprint density at radius 2 is 2.00 bits per heavy atom. The second-order valence-corrected chi connectivity index (χ2v) is 4.15. The lowest BCUT2D eigenvalue weighted by Crippen LogP contribution is -2.08. The van der Waals surface area contributed by atoms with Crippen LogP contribution >= 0.6 is 0 Å². The third kappa shape index (κ3) is 5.65. The highest BCUT2D eigenvalue weighted by molar-refractivity contribution is 5.94. The van der Waals surface area contributed by atoms with Crippen LogP contribution in [0.1, 0.15) is 25.3 Å². The van der Waals surface area contributed by atoms with E-state index in [-0.39, 0.29) is 30.1 Å². The van der Waals surface area contributed by atoms with E-state index < -0.39 is 10.9 Å². The number of carbonyl (C=O) groups is 2. The molecule has 7 heteroatoms. The number of non-ortho nitro benzene ring substituents is 1. The molecule has 21 heavy (non-hydrogen) atoms. The molecule has 0 atom stereocenters. The number of ketones is 1. The van der Waals surface area contributed by atoms with Crippen molar-refractivity contribution in [3.05, 3.63) is 45.7 Å². The summed E-state index contributed by atoms with van der Waals surface area (Å²) in [5, 5.41) is 19.2. The molecule has 0 unspecified atom stereocenters. The van der Waals surface area contributed by atoms with Gasteiger partial charge in [0.2, 0.25) is 0 Å². The average molecular weight is 288 g/mol. The van der Waals surface area contributed by atoms with E-state index in [1.165, 1.54) is 37.3 Å². The molecule has 7 nitrogen and oxygen atoms in total. The second-order valence-electron chi connectivity index (χ2n) is 4.15. The Morgan fingerprint density at radius 1 is 1.38 bits per heavy atom. The van der Waals surface area contributed by atoms with Crippen molar-refractivity contribution in [2.45, 2.75) is 19.8 Å². The van der Waals surface area contributed by atoms with Gasteiger partial charge in [0, 0.05) is 12.1 Å². The van der Waals surface area contributed by atoms with E-state index in [4.69, 9.17) is 10.00 Å². The summed E-state index contributed by atoms with van der Waals surface area (Å²) in [5.41, 5.74) is 0.476. The molecule has 1 aromatic carbocycles. The number of benzene rings is 1. The molecule has 108 valence electrons. The molecule has 0 radical (unpaired) electrons. The summed E-state index contributed by atoms with van der Waals surface area (Å²) in [5.74, 6) is -1.00. The minimum absolute atomic E-state index is 0.0671. The Hall–Kier alpha value is -3.01. The topological polar surface area (TPSA) is 110 Å². The van der Waals surface area contributed by atoms with Crippen LogP contribution in [-0.4, -0.2) is 16.7 Å². The van der Waals surface area contributed by atoms with Crippen LogP contribution in [0.3, 0.4) is 0 Å². The molecule has 1 aromatic rings. The van der Waals surface area contributed by atoms with E-state index in [0.717, 1.165) is 0 Å². The number of nitrogens with zero attached hydrogens (tertiary/aromatic N) is 2. The molecule has 0 saturated heterocycles. The monoisotopic (exact) mass is 288 g/mol. The Morgan fingerprint density at radius 3 is 2.48 bits per heavy atom. The Labute approximate surface area is 120 Å². The van der Waals surface area contributed by atoms with Gasteiger partial charge in [-0.1, -0.05) is 0 Å². The zero-order chi connectivity index (χ0) is 15.8. The molecule has 0 aliphatic rings. The van der Waals surface area contributed by atoms with Crippen LogP contribution in [0.15, 0.2) is 30.0 Å². The number of esters is 1. The molecule has 0 fully saturated rings. The van der Waals surface area contributed by atoms with E-state index in [1.807, 2.05) is 6.07 Å². The third-order valence-electron chi connectivity index (χ3n) is 2.32. The van der Waals surface area contributed by atoms with Crippen molar-refractivity contribution in [3.63, 3.8) is 0 Å². The first-order valence-electron chi connectivity index (χ1n) is 5.94. The number of hydrogen-bond acceptors (Lipinski definition) is 6. The predicted octanol–water partition coefficient (Wildman–Crippen LogP) is 2.37. The lowest BCUT2D eigenvalue weighted by Gasteiger charge is -2.05. The predicted molar refractivity (Wildman–Crippen MR) is 72.7 cm³/mol. The van der Waals surface area contributed by atoms with E-state index in [9.17, 15) is 19.7 Å². The highest BCUT2D eigenvalue weighted by Gasteiger charge is 2.10. The summed E-state index contributed by atoms with van der Waals surface area (Å²) in [6.07, 6.45) is 0.897. The van der Waals surface area contributed by atoms with Crippen LogP contribution in [0.25, 0.3) is 6.08 Å². The standard InChI is InChI=1S/C14H12N2O5/c1-10(17)8-14(18)21-13(6-7-15)9-11-2-4-12(5-3-11)16(19)20/h2-5,9H,6,8H2,1H3/b13-9+. The van der Waals surface area contributed by atoms with Crippen molar-refractivity contribution in [1.82, 2.24) is 0 Å². The van der Waals surface area contributed by atoms with Gasteiger partial charge in [0.05, 0.1) is 17.4 Å². The van der Waals surface area contributed by atoms with Gasteiger partial charge in [-0.3, -0.25) is 19.7 Å². The van der Waals surface area contributed by atoms with Crippen LogP contribution in [-0.2, 0) is 14.3 Å². The van der Waals surface area contributed by atoms with Crippen LogP contribution in [0, 0.1) is 21.4 Å². The summed E-state index contributed by atoms with van der Waals surface area (Å²) in [7, 11) is 0. The molecule has 0 spiro atoms. The number of ether oxygens (including phenoxy) is 1. The molecule has 0 heterocycles. The number of nitro benzene ring substituents is 1. The molecular formula is C14H12N2O5. The summed E-state index contributed by atoms with van der Waals surface area (Å²) in [6.45, 7) is 1.26. The first kappa shape index (κ1) is 16.0. The van der Waals surface area contributed by atoms with Gasteiger partial charge in [0.25, 0.3) is 5.69 Å². The van der Waals surface area contributed by atoms with Crippen molar-refractivity contribution >= 4 is 23.5 Å². The number of nitro groups is 1. The number of hydrogen-bond donors (Lipinski definition) is 0. The van der Waals surface area contributed by atoms with Crippen molar-refractivity contribution in [3.8, 4) is 6.07 Å². The van der Waals surface area contributed by atoms with Gasteiger partial charge in [0.1, 0.15) is 18.0 Å². The number of carbonyl (C=O) groups excluding carboxylic acids is 2. The Bertz CT molecular complexity index is 626.